The number of alkyl halides is 1. The number of carbonyl (C=O) groups is 1. The number of carbonyl (C=O) groups excluding carboxylic acids is 1. The lowest BCUT2D eigenvalue weighted by Crippen LogP contribution is -2.22. The minimum atomic E-state index is -1.81. The molecule has 3 aromatic rings. The number of rotatable bonds is 6. The number of amides is 1. The molecule has 1 fully saturated rings. The van der Waals surface area contributed by atoms with Crippen molar-refractivity contribution >= 4 is 22.8 Å². The number of aliphatic hydroxyl groups excluding tert-OH is 1. The maximum atomic E-state index is 13.9. The first-order chi connectivity index (χ1) is 13.5. The van der Waals surface area contributed by atoms with Gasteiger partial charge in [0.05, 0.1) is 32.3 Å². The van der Waals surface area contributed by atoms with Crippen molar-refractivity contribution in [2.24, 2.45) is 5.92 Å². The van der Waals surface area contributed by atoms with Crippen LogP contribution in [0, 0.1) is 5.92 Å². The molecule has 3 N–H and O–H groups in total. The minimum absolute atomic E-state index is 0.0256. The maximum Gasteiger partial charge on any atom is 0.232 e. The van der Waals surface area contributed by atoms with Crippen molar-refractivity contribution in [3.8, 4) is 22.6 Å². The fourth-order valence-corrected chi connectivity index (χ4v) is 3.39. The minimum Gasteiger partial charge on any atom is -0.496 e. The Bertz CT molecular complexity index is 1030. The Morgan fingerprint density at radius 3 is 2.64 bits per heavy atom. The SMILES string of the molecule is COc1cccc(OC)c1-c1c[nH]c2nc(NC(=O)[C@@H]3C[C@@]3(F)CO)ccc12. The number of hydrogen-bond donors (Lipinski definition) is 3. The number of hydrogen-bond acceptors (Lipinski definition) is 5. The fraction of sp³-hybridized carbons (Fsp3) is 0.300. The van der Waals surface area contributed by atoms with Crippen LogP contribution in [-0.4, -0.2) is 47.5 Å². The summed E-state index contributed by atoms with van der Waals surface area (Å²) in [5, 5.41) is 12.4. The van der Waals surface area contributed by atoms with Crippen LogP contribution in [0.1, 0.15) is 6.42 Å². The summed E-state index contributed by atoms with van der Waals surface area (Å²) in [6.45, 7) is -0.654. The molecule has 0 unspecified atom stereocenters. The lowest BCUT2D eigenvalue weighted by molar-refractivity contribution is -0.118. The van der Waals surface area contributed by atoms with Gasteiger partial charge in [0.2, 0.25) is 5.91 Å². The first-order valence-corrected chi connectivity index (χ1v) is 8.81. The third kappa shape index (κ3) is 2.95. The molecule has 0 saturated heterocycles. The summed E-state index contributed by atoms with van der Waals surface area (Å²) in [5.74, 6) is 0.308. The number of aromatic amines is 1. The van der Waals surface area contributed by atoms with Crippen LogP contribution in [0.5, 0.6) is 11.5 Å². The molecule has 2 heterocycles. The van der Waals surface area contributed by atoms with Gasteiger partial charge < -0.3 is 24.9 Å². The van der Waals surface area contributed by atoms with E-state index in [-0.39, 0.29) is 6.42 Å². The highest BCUT2D eigenvalue weighted by Gasteiger charge is 2.59. The third-order valence-corrected chi connectivity index (χ3v) is 5.07. The quantitative estimate of drug-likeness (QED) is 0.606. The number of halogens is 1. The van der Waals surface area contributed by atoms with Crippen molar-refractivity contribution in [2.75, 3.05) is 26.1 Å². The van der Waals surface area contributed by atoms with Crippen LogP contribution in [0.3, 0.4) is 0 Å². The molecule has 8 heteroatoms. The van der Waals surface area contributed by atoms with E-state index in [1.807, 2.05) is 24.3 Å². The molecule has 7 nitrogen and oxygen atoms in total. The number of methoxy groups -OCH3 is 2. The number of nitrogens with zero attached hydrogens (tertiary/aromatic N) is 1. The molecule has 1 saturated carbocycles. The highest BCUT2D eigenvalue weighted by atomic mass is 19.1. The van der Waals surface area contributed by atoms with Gasteiger partial charge in [0.15, 0.2) is 0 Å². The average Bonchev–Trinajstić information content (AvgIpc) is 3.24. The molecule has 0 radical (unpaired) electrons. The van der Waals surface area contributed by atoms with Crippen LogP contribution in [0.25, 0.3) is 22.2 Å². The standard InChI is InChI=1S/C20H20FN3O4/c1-27-14-4-3-5-15(28-2)17(14)12-9-22-18-11(12)6-7-16(23-18)24-19(26)13-8-20(13,21)10-25/h3-7,9,13,25H,8,10H2,1-2H3,(H2,22,23,24,26)/t13-,20+/m0/s1. The van der Waals surface area contributed by atoms with Gasteiger partial charge in [-0.2, -0.15) is 0 Å². The Morgan fingerprint density at radius 1 is 1.32 bits per heavy atom. The van der Waals surface area contributed by atoms with Crippen LogP contribution in [0.4, 0.5) is 10.2 Å². The number of pyridine rings is 1. The van der Waals surface area contributed by atoms with E-state index in [4.69, 9.17) is 14.6 Å². The number of fused-ring (bicyclic) bond motifs is 1. The molecule has 1 aliphatic carbocycles. The number of ether oxygens (including phenoxy) is 2. The Labute approximate surface area is 160 Å². The second-order valence-electron chi connectivity index (χ2n) is 6.77. The zero-order valence-corrected chi connectivity index (χ0v) is 15.5. The lowest BCUT2D eigenvalue weighted by atomic mass is 10.0. The number of H-pyrrole nitrogens is 1. The summed E-state index contributed by atoms with van der Waals surface area (Å²) in [6.07, 6.45) is 1.82. The molecule has 1 aliphatic rings. The summed E-state index contributed by atoms with van der Waals surface area (Å²) in [7, 11) is 3.18. The number of benzene rings is 1. The molecule has 1 aromatic carbocycles. The maximum absolute atomic E-state index is 13.9. The zero-order chi connectivity index (χ0) is 19.9. The number of nitrogens with one attached hydrogen (secondary N) is 2. The van der Waals surface area contributed by atoms with E-state index in [1.165, 1.54) is 0 Å². The molecular formula is C20H20FN3O4. The first-order valence-electron chi connectivity index (χ1n) is 8.81. The van der Waals surface area contributed by atoms with Crippen molar-refractivity contribution in [3.05, 3.63) is 36.5 Å². The van der Waals surface area contributed by atoms with Gasteiger partial charge in [-0.25, -0.2) is 9.37 Å². The molecule has 1 amide bonds. The summed E-state index contributed by atoms with van der Waals surface area (Å²) in [4.78, 5) is 19.6. The van der Waals surface area contributed by atoms with Crippen molar-refractivity contribution in [3.63, 3.8) is 0 Å². The average molecular weight is 385 g/mol. The van der Waals surface area contributed by atoms with E-state index < -0.39 is 24.1 Å². The first kappa shape index (κ1) is 18.2. The Balaban J connectivity index is 1.66. The van der Waals surface area contributed by atoms with E-state index in [0.717, 1.165) is 16.5 Å². The van der Waals surface area contributed by atoms with Gasteiger partial charge in [-0.15, -0.1) is 0 Å². The van der Waals surface area contributed by atoms with Crippen molar-refractivity contribution in [1.29, 1.82) is 0 Å². The molecule has 146 valence electrons. The van der Waals surface area contributed by atoms with Crippen LogP contribution in [0.2, 0.25) is 0 Å². The molecule has 4 rings (SSSR count). The van der Waals surface area contributed by atoms with Gasteiger partial charge in [-0.3, -0.25) is 4.79 Å². The second-order valence-corrected chi connectivity index (χ2v) is 6.77. The topological polar surface area (TPSA) is 96.5 Å². The van der Waals surface area contributed by atoms with Crippen molar-refractivity contribution < 1.29 is 23.8 Å². The fourth-order valence-electron chi connectivity index (χ4n) is 3.39. The number of anilines is 1. The lowest BCUT2D eigenvalue weighted by Gasteiger charge is -2.12. The molecule has 28 heavy (non-hydrogen) atoms. The Morgan fingerprint density at radius 2 is 2.04 bits per heavy atom. The molecule has 0 aliphatic heterocycles. The predicted octanol–water partition coefficient (Wildman–Crippen LogP) is 2.91. The smallest absolute Gasteiger partial charge is 0.232 e. The van der Waals surface area contributed by atoms with Crippen LogP contribution in [-0.2, 0) is 4.79 Å². The van der Waals surface area contributed by atoms with Crippen molar-refractivity contribution in [1.82, 2.24) is 9.97 Å². The number of aliphatic hydroxyl groups is 1. The molecule has 2 atom stereocenters. The third-order valence-electron chi connectivity index (χ3n) is 5.07. The summed E-state index contributed by atoms with van der Waals surface area (Å²) in [5.41, 5.74) is 0.388. The van der Waals surface area contributed by atoms with Gasteiger partial charge in [0, 0.05) is 17.1 Å². The molecule has 0 spiro atoms. The largest absolute Gasteiger partial charge is 0.496 e. The predicted molar refractivity (Wildman–Crippen MR) is 102 cm³/mol. The van der Waals surface area contributed by atoms with E-state index in [2.05, 4.69) is 15.3 Å². The van der Waals surface area contributed by atoms with Crippen LogP contribution < -0.4 is 14.8 Å². The van der Waals surface area contributed by atoms with E-state index in [0.29, 0.717) is 23.0 Å². The van der Waals surface area contributed by atoms with Crippen LogP contribution in [0.15, 0.2) is 36.5 Å². The van der Waals surface area contributed by atoms with E-state index in [9.17, 15) is 9.18 Å². The van der Waals surface area contributed by atoms with Gasteiger partial charge >= 0.3 is 0 Å². The van der Waals surface area contributed by atoms with Gasteiger partial charge in [0.25, 0.3) is 0 Å². The molecule has 0 bridgehead atoms. The van der Waals surface area contributed by atoms with Gasteiger partial charge in [-0.05, 0) is 30.7 Å². The summed E-state index contributed by atoms with van der Waals surface area (Å²) in [6, 6.07) is 9.01. The Kier molecular flexibility index (Phi) is 4.43. The second kappa shape index (κ2) is 6.79. The Hall–Kier alpha value is -3.13. The van der Waals surface area contributed by atoms with E-state index >= 15 is 0 Å². The van der Waals surface area contributed by atoms with Crippen molar-refractivity contribution in [2.45, 2.75) is 12.1 Å². The van der Waals surface area contributed by atoms with Gasteiger partial charge in [-0.1, -0.05) is 6.07 Å². The number of aromatic nitrogens is 2. The molecular weight excluding hydrogens is 365 g/mol. The molecule has 2 aromatic heterocycles. The monoisotopic (exact) mass is 385 g/mol. The highest BCUT2D eigenvalue weighted by molar-refractivity contribution is 5.99. The highest BCUT2D eigenvalue weighted by Crippen LogP contribution is 2.47. The summed E-state index contributed by atoms with van der Waals surface area (Å²) >= 11 is 0. The van der Waals surface area contributed by atoms with Crippen LogP contribution >= 0.6 is 0 Å². The van der Waals surface area contributed by atoms with Gasteiger partial charge in [0.1, 0.15) is 28.6 Å². The zero-order valence-electron chi connectivity index (χ0n) is 15.5. The van der Waals surface area contributed by atoms with E-state index in [1.54, 1.807) is 26.5 Å². The normalized spacial score (nSPS) is 20.8. The summed E-state index contributed by atoms with van der Waals surface area (Å²) < 4.78 is 24.8.